The first-order valence-corrected chi connectivity index (χ1v) is 7.04. The smallest absolute Gasteiger partial charge is 0.106 e. The maximum absolute atomic E-state index is 10.4. The normalized spacial score (nSPS) is 12.9. The molecule has 0 aromatic heterocycles. The van der Waals surface area contributed by atoms with E-state index in [9.17, 15) is 5.11 Å². The van der Waals surface area contributed by atoms with Gasteiger partial charge >= 0.3 is 0 Å². The van der Waals surface area contributed by atoms with E-state index >= 15 is 0 Å². The van der Waals surface area contributed by atoms with Gasteiger partial charge in [-0.25, -0.2) is 5.11 Å². The molecule has 0 saturated heterocycles. The van der Waals surface area contributed by atoms with Gasteiger partial charge in [0.25, 0.3) is 0 Å². The molecule has 2 heteroatoms. The lowest BCUT2D eigenvalue weighted by atomic mass is 10.0. The van der Waals surface area contributed by atoms with Crippen LogP contribution in [-0.2, 0) is 9.84 Å². The zero-order valence-electron chi connectivity index (χ0n) is 11.2. The highest BCUT2D eigenvalue weighted by molar-refractivity contribution is 4.58. The van der Waals surface area contributed by atoms with E-state index in [4.69, 9.17) is 4.74 Å². The molecule has 1 unspecified atom stereocenters. The van der Waals surface area contributed by atoms with Crippen molar-refractivity contribution < 1.29 is 9.84 Å². The van der Waals surface area contributed by atoms with E-state index in [1.807, 2.05) is 0 Å². The molecular weight excluding hydrogens is 200 g/mol. The van der Waals surface area contributed by atoms with Gasteiger partial charge in [0, 0.05) is 0 Å². The van der Waals surface area contributed by atoms with Gasteiger partial charge in [-0.15, -0.1) is 0 Å². The van der Waals surface area contributed by atoms with Crippen molar-refractivity contribution in [2.75, 3.05) is 13.2 Å². The quantitative estimate of drug-likeness (QED) is 0.457. The summed E-state index contributed by atoms with van der Waals surface area (Å²) in [6.07, 6.45) is 11.7. The van der Waals surface area contributed by atoms with E-state index in [0.717, 1.165) is 19.3 Å². The second-order valence-electron chi connectivity index (χ2n) is 4.54. The van der Waals surface area contributed by atoms with Crippen LogP contribution in [0.4, 0.5) is 0 Å². The van der Waals surface area contributed by atoms with Crippen LogP contribution >= 0.6 is 0 Å². The summed E-state index contributed by atoms with van der Waals surface area (Å²) >= 11 is 0. The minimum absolute atomic E-state index is 0.100. The van der Waals surface area contributed by atoms with Crippen molar-refractivity contribution in [1.82, 2.24) is 0 Å². The molecule has 0 N–H and O–H groups in total. The average Bonchev–Trinajstić information content (AvgIpc) is 2.30. The Morgan fingerprint density at radius 1 is 0.875 bits per heavy atom. The van der Waals surface area contributed by atoms with Gasteiger partial charge in [-0.3, -0.25) is 0 Å². The predicted octanol–water partition coefficient (Wildman–Crippen LogP) is 4.35. The summed E-state index contributed by atoms with van der Waals surface area (Å²) in [6, 6.07) is 0. The minimum Gasteiger partial charge on any atom is -0.376 e. The molecule has 97 valence electrons. The SMILES string of the molecule is CCCCCCCCC(CCC)OCC[O]. The Labute approximate surface area is 101 Å². The minimum atomic E-state index is -0.100. The van der Waals surface area contributed by atoms with Crippen LogP contribution in [0.25, 0.3) is 0 Å². The van der Waals surface area contributed by atoms with Crippen LogP contribution in [0.2, 0.25) is 0 Å². The monoisotopic (exact) mass is 229 g/mol. The van der Waals surface area contributed by atoms with Gasteiger partial charge in [0.2, 0.25) is 0 Å². The molecule has 16 heavy (non-hydrogen) atoms. The zero-order chi connectivity index (χ0) is 12.1. The maximum atomic E-state index is 10.4. The number of ether oxygens (including phenoxy) is 1. The first-order chi connectivity index (χ1) is 7.85. The third kappa shape index (κ3) is 10.4. The Morgan fingerprint density at radius 3 is 2.19 bits per heavy atom. The standard InChI is InChI=1S/C14H29O2/c1-3-5-6-7-8-9-11-14(10-4-2)16-13-12-15/h14H,3-13H2,1-2H3. The molecule has 0 spiro atoms. The van der Waals surface area contributed by atoms with Gasteiger partial charge in [-0.2, -0.15) is 0 Å². The summed E-state index contributed by atoms with van der Waals surface area (Å²) in [6.45, 7) is 4.71. The fourth-order valence-corrected chi connectivity index (χ4v) is 2.00. The molecule has 0 amide bonds. The summed E-state index contributed by atoms with van der Waals surface area (Å²) in [5, 5.41) is 10.4. The van der Waals surface area contributed by atoms with E-state index in [1.165, 1.54) is 38.5 Å². The van der Waals surface area contributed by atoms with Crippen LogP contribution in [0.15, 0.2) is 0 Å². The lowest BCUT2D eigenvalue weighted by molar-refractivity contribution is 0.00301. The van der Waals surface area contributed by atoms with Crippen molar-refractivity contribution >= 4 is 0 Å². The van der Waals surface area contributed by atoms with Crippen LogP contribution in [-0.4, -0.2) is 19.3 Å². The summed E-state index contributed by atoms with van der Waals surface area (Å²) < 4.78 is 5.55. The lowest BCUT2D eigenvalue weighted by Crippen LogP contribution is -2.14. The molecule has 0 bridgehead atoms. The van der Waals surface area contributed by atoms with Crippen LogP contribution in [0, 0.1) is 0 Å². The highest BCUT2D eigenvalue weighted by Crippen LogP contribution is 2.13. The fraction of sp³-hybridized carbons (Fsp3) is 1.00. The van der Waals surface area contributed by atoms with E-state index in [2.05, 4.69) is 13.8 Å². The van der Waals surface area contributed by atoms with Crippen LogP contribution < -0.4 is 0 Å². The third-order valence-corrected chi connectivity index (χ3v) is 2.93. The summed E-state index contributed by atoms with van der Waals surface area (Å²) in [7, 11) is 0. The van der Waals surface area contributed by atoms with E-state index in [-0.39, 0.29) is 6.61 Å². The Balaban J connectivity index is 3.36. The molecule has 1 radical (unpaired) electrons. The number of hydrogen-bond acceptors (Lipinski definition) is 1. The van der Waals surface area contributed by atoms with Gasteiger partial charge in [-0.1, -0.05) is 58.8 Å². The highest BCUT2D eigenvalue weighted by atomic mass is 16.5. The molecule has 0 saturated carbocycles. The Bertz CT molecular complexity index is 126. The topological polar surface area (TPSA) is 29.1 Å². The molecule has 0 aromatic rings. The Hall–Kier alpha value is -0.0800. The maximum Gasteiger partial charge on any atom is 0.106 e. The van der Waals surface area contributed by atoms with Crippen molar-refractivity contribution in [2.45, 2.75) is 77.7 Å². The van der Waals surface area contributed by atoms with Crippen LogP contribution in [0.3, 0.4) is 0 Å². The van der Waals surface area contributed by atoms with Gasteiger partial charge in [0.15, 0.2) is 0 Å². The molecule has 0 heterocycles. The largest absolute Gasteiger partial charge is 0.376 e. The van der Waals surface area contributed by atoms with Crippen molar-refractivity contribution in [3.05, 3.63) is 0 Å². The van der Waals surface area contributed by atoms with E-state index in [1.54, 1.807) is 0 Å². The van der Waals surface area contributed by atoms with Gasteiger partial charge in [0.05, 0.1) is 12.7 Å². The average molecular weight is 229 g/mol. The summed E-state index contributed by atoms with van der Waals surface area (Å²) in [4.78, 5) is 0. The Morgan fingerprint density at radius 2 is 1.56 bits per heavy atom. The first kappa shape index (κ1) is 15.9. The predicted molar refractivity (Wildman–Crippen MR) is 68.2 cm³/mol. The molecule has 0 fully saturated rings. The summed E-state index contributed by atoms with van der Waals surface area (Å²) in [5.74, 6) is 0. The molecule has 2 nitrogen and oxygen atoms in total. The molecule has 0 aromatic carbocycles. The molecule has 0 aliphatic rings. The number of unbranched alkanes of at least 4 members (excludes halogenated alkanes) is 5. The van der Waals surface area contributed by atoms with Crippen molar-refractivity contribution in [2.24, 2.45) is 0 Å². The molecule has 1 atom stereocenters. The molecular formula is C14H29O2. The lowest BCUT2D eigenvalue weighted by Gasteiger charge is -2.16. The molecule has 0 rings (SSSR count). The zero-order valence-corrected chi connectivity index (χ0v) is 11.2. The first-order valence-electron chi connectivity index (χ1n) is 7.04. The summed E-state index contributed by atoms with van der Waals surface area (Å²) in [5.41, 5.74) is 0. The second kappa shape index (κ2) is 13.0. The van der Waals surface area contributed by atoms with E-state index in [0.29, 0.717) is 12.7 Å². The fourth-order valence-electron chi connectivity index (χ4n) is 2.00. The highest BCUT2D eigenvalue weighted by Gasteiger charge is 2.07. The van der Waals surface area contributed by atoms with Crippen molar-refractivity contribution in [3.63, 3.8) is 0 Å². The van der Waals surface area contributed by atoms with Gasteiger partial charge < -0.3 is 4.74 Å². The molecule has 0 aliphatic carbocycles. The van der Waals surface area contributed by atoms with Gasteiger partial charge in [-0.05, 0) is 12.8 Å². The van der Waals surface area contributed by atoms with E-state index < -0.39 is 0 Å². The second-order valence-corrected chi connectivity index (χ2v) is 4.54. The Kier molecular flexibility index (Phi) is 12.9. The number of hydrogen-bond donors (Lipinski definition) is 0. The van der Waals surface area contributed by atoms with Crippen molar-refractivity contribution in [3.8, 4) is 0 Å². The molecule has 0 aliphatic heterocycles. The van der Waals surface area contributed by atoms with Crippen LogP contribution in [0.5, 0.6) is 0 Å². The van der Waals surface area contributed by atoms with Crippen LogP contribution in [0.1, 0.15) is 71.6 Å². The van der Waals surface area contributed by atoms with Crippen molar-refractivity contribution in [1.29, 1.82) is 0 Å². The third-order valence-electron chi connectivity index (χ3n) is 2.93. The van der Waals surface area contributed by atoms with Gasteiger partial charge in [0.1, 0.15) is 6.61 Å². The number of rotatable bonds is 12.